The van der Waals surface area contributed by atoms with Gasteiger partial charge in [0.15, 0.2) is 0 Å². The van der Waals surface area contributed by atoms with Crippen LogP contribution in [0.15, 0.2) is 42.5 Å². The number of benzene rings is 2. The van der Waals surface area contributed by atoms with E-state index in [9.17, 15) is 4.79 Å². The van der Waals surface area contributed by atoms with E-state index in [1.54, 1.807) is 6.07 Å². The first-order valence-electron chi connectivity index (χ1n) is 6.47. The predicted octanol–water partition coefficient (Wildman–Crippen LogP) is 3.83. The molecule has 0 aromatic heterocycles. The molecule has 2 aromatic carbocycles. The van der Waals surface area contributed by atoms with E-state index in [-0.39, 0.29) is 5.56 Å². The Morgan fingerprint density at radius 1 is 1.20 bits per heavy atom. The summed E-state index contributed by atoms with van der Waals surface area (Å²) in [6.45, 7) is 4.27. The van der Waals surface area contributed by atoms with Crippen LogP contribution < -0.4 is 11.1 Å². The Labute approximate surface area is 118 Å². The molecule has 104 valence electrons. The molecule has 0 heterocycles. The van der Waals surface area contributed by atoms with Crippen LogP contribution in [0.1, 0.15) is 35.7 Å². The summed E-state index contributed by atoms with van der Waals surface area (Å²) in [5.41, 5.74) is 9.35. The average molecular weight is 270 g/mol. The van der Waals surface area contributed by atoms with E-state index >= 15 is 0 Å². The van der Waals surface area contributed by atoms with Crippen molar-refractivity contribution in [1.29, 1.82) is 0 Å². The second-order valence-corrected chi connectivity index (χ2v) is 5.01. The molecule has 4 heteroatoms. The largest absolute Gasteiger partial charge is 0.478 e. The molecule has 0 fully saturated rings. The average Bonchev–Trinajstić information content (AvgIpc) is 2.41. The van der Waals surface area contributed by atoms with E-state index in [4.69, 9.17) is 10.8 Å². The van der Waals surface area contributed by atoms with E-state index in [0.717, 1.165) is 5.69 Å². The molecule has 0 saturated carbocycles. The Morgan fingerprint density at radius 2 is 1.95 bits per heavy atom. The summed E-state index contributed by atoms with van der Waals surface area (Å²) in [4.78, 5) is 10.9. The Morgan fingerprint density at radius 3 is 2.55 bits per heavy atom. The number of nitrogens with two attached hydrogens (primary N) is 1. The minimum atomic E-state index is -0.981. The Hall–Kier alpha value is -2.49. The number of aromatic carboxylic acids is 1. The molecule has 0 amide bonds. The van der Waals surface area contributed by atoms with Crippen LogP contribution in [0.5, 0.6) is 0 Å². The highest BCUT2D eigenvalue weighted by Gasteiger charge is 2.07. The van der Waals surface area contributed by atoms with E-state index in [1.807, 2.05) is 12.1 Å². The van der Waals surface area contributed by atoms with Crippen molar-refractivity contribution in [3.05, 3.63) is 53.6 Å². The van der Waals surface area contributed by atoms with Gasteiger partial charge in [-0.2, -0.15) is 0 Å². The molecule has 0 aliphatic rings. The van der Waals surface area contributed by atoms with Crippen molar-refractivity contribution in [1.82, 2.24) is 0 Å². The van der Waals surface area contributed by atoms with Gasteiger partial charge in [0.25, 0.3) is 0 Å². The molecular weight excluding hydrogens is 252 g/mol. The number of nitrogen functional groups attached to an aromatic ring is 1. The quantitative estimate of drug-likeness (QED) is 0.738. The van der Waals surface area contributed by atoms with Gasteiger partial charge in [-0.15, -0.1) is 0 Å². The molecule has 2 rings (SSSR count). The molecule has 2 aromatic rings. The monoisotopic (exact) mass is 270 g/mol. The highest BCUT2D eigenvalue weighted by Crippen LogP contribution is 2.26. The molecule has 0 atom stereocenters. The van der Waals surface area contributed by atoms with Crippen molar-refractivity contribution >= 4 is 23.0 Å². The standard InChI is InChI=1S/C16H18N2O2/c1-10(2)11-4-3-5-13(8-11)18-15-7-6-12(16(19)20)9-14(15)17/h3-10,18H,17H2,1-2H3,(H,19,20). The van der Waals surface area contributed by atoms with Crippen LogP contribution in [0.2, 0.25) is 0 Å². The highest BCUT2D eigenvalue weighted by atomic mass is 16.4. The number of carboxylic acid groups (broad SMARTS) is 1. The van der Waals surface area contributed by atoms with E-state index in [1.165, 1.54) is 17.7 Å². The van der Waals surface area contributed by atoms with Crippen LogP contribution in [-0.2, 0) is 0 Å². The third-order valence-electron chi connectivity index (χ3n) is 3.13. The van der Waals surface area contributed by atoms with Gasteiger partial charge in [-0.1, -0.05) is 26.0 Å². The lowest BCUT2D eigenvalue weighted by Crippen LogP contribution is -2.01. The smallest absolute Gasteiger partial charge is 0.335 e. The number of nitrogens with one attached hydrogen (secondary N) is 1. The second kappa shape index (κ2) is 5.65. The van der Waals surface area contributed by atoms with Crippen molar-refractivity contribution in [2.24, 2.45) is 0 Å². The number of hydrogen-bond donors (Lipinski definition) is 3. The van der Waals surface area contributed by atoms with Crippen LogP contribution in [0, 0.1) is 0 Å². The number of rotatable bonds is 4. The molecule has 0 aliphatic heterocycles. The number of anilines is 3. The van der Waals surface area contributed by atoms with Crippen LogP contribution in [0.3, 0.4) is 0 Å². The minimum absolute atomic E-state index is 0.184. The minimum Gasteiger partial charge on any atom is -0.478 e. The fourth-order valence-electron chi connectivity index (χ4n) is 1.94. The molecule has 0 aliphatic carbocycles. The molecule has 0 saturated heterocycles. The molecule has 4 nitrogen and oxygen atoms in total. The normalized spacial score (nSPS) is 10.6. The molecule has 0 unspecified atom stereocenters. The maximum atomic E-state index is 10.9. The van der Waals surface area contributed by atoms with Crippen LogP contribution in [-0.4, -0.2) is 11.1 Å². The van der Waals surface area contributed by atoms with Crippen molar-refractivity contribution in [2.75, 3.05) is 11.1 Å². The summed E-state index contributed by atoms with van der Waals surface area (Å²) in [6.07, 6.45) is 0. The summed E-state index contributed by atoms with van der Waals surface area (Å²) in [5, 5.41) is 12.1. The maximum absolute atomic E-state index is 10.9. The zero-order valence-corrected chi connectivity index (χ0v) is 11.6. The SMILES string of the molecule is CC(C)c1cccc(Nc2ccc(C(=O)O)cc2N)c1. The fourth-order valence-corrected chi connectivity index (χ4v) is 1.94. The van der Waals surface area contributed by atoms with E-state index in [0.29, 0.717) is 17.3 Å². The predicted molar refractivity (Wildman–Crippen MR) is 81.6 cm³/mol. The Balaban J connectivity index is 2.26. The van der Waals surface area contributed by atoms with Gasteiger partial charge in [0.1, 0.15) is 0 Å². The van der Waals surface area contributed by atoms with E-state index in [2.05, 4.69) is 31.3 Å². The molecule has 0 radical (unpaired) electrons. The van der Waals surface area contributed by atoms with Crippen molar-refractivity contribution in [3.63, 3.8) is 0 Å². The summed E-state index contributed by atoms with van der Waals surface area (Å²) in [6, 6.07) is 12.8. The van der Waals surface area contributed by atoms with Crippen molar-refractivity contribution in [3.8, 4) is 0 Å². The second-order valence-electron chi connectivity index (χ2n) is 5.01. The Bertz CT molecular complexity index is 636. The van der Waals surface area contributed by atoms with Gasteiger partial charge in [0.2, 0.25) is 0 Å². The summed E-state index contributed by atoms with van der Waals surface area (Å²) >= 11 is 0. The summed E-state index contributed by atoms with van der Waals surface area (Å²) in [5.74, 6) is -0.534. The first-order valence-corrected chi connectivity index (χ1v) is 6.47. The fraction of sp³-hybridized carbons (Fsp3) is 0.188. The molecule has 0 spiro atoms. The lowest BCUT2D eigenvalue weighted by Gasteiger charge is -2.12. The van der Waals surface area contributed by atoms with Crippen molar-refractivity contribution < 1.29 is 9.90 Å². The van der Waals surface area contributed by atoms with Gasteiger partial charge in [-0.25, -0.2) is 4.79 Å². The van der Waals surface area contributed by atoms with E-state index < -0.39 is 5.97 Å². The van der Waals surface area contributed by atoms with Gasteiger partial charge in [0.05, 0.1) is 16.9 Å². The van der Waals surface area contributed by atoms with Crippen molar-refractivity contribution in [2.45, 2.75) is 19.8 Å². The van der Waals surface area contributed by atoms with Crippen LogP contribution in [0.4, 0.5) is 17.1 Å². The molecule has 20 heavy (non-hydrogen) atoms. The third kappa shape index (κ3) is 3.09. The zero-order valence-electron chi connectivity index (χ0n) is 11.6. The molecule has 4 N–H and O–H groups in total. The third-order valence-corrected chi connectivity index (χ3v) is 3.13. The number of carboxylic acids is 1. The van der Waals surface area contributed by atoms with Crippen LogP contribution in [0.25, 0.3) is 0 Å². The van der Waals surface area contributed by atoms with Gasteiger partial charge in [-0.05, 0) is 41.8 Å². The van der Waals surface area contributed by atoms with Gasteiger partial charge in [-0.3, -0.25) is 0 Å². The van der Waals surface area contributed by atoms with Crippen LogP contribution >= 0.6 is 0 Å². The van der Waals surface area contributed by atoms with Gasteiger partial charge in [0, 0.05) is 5.69 Å². The number of hydrogen-bond acceptors (Lipinski definition) is 3. The number of carbonyl (C=O) groups is 1. The maximum Gasteiger partial charge on any atom is 0.335 e. The summed E-state index contributed by atoms with van der Waals surface area (Å²) in [7, 11) is 0. The van der Waals surface area contributed by atoms with Gasteiger partial charge < -0.3 is 16.2 Å². The zero-order chi connectivity index (χ0) is 14.7. The topological polar surface area (TPSA) is 75.3 Å². The van der Waals surface area contributed by atoms with Gasteiger partial charge >= 0.3 is 5.97 Å². The molecule has 0 bridgehead atoms. The highest BCUT2D eigenvalue weighted by molar-refractivity contribution is 5.90. The lowest BCUT2D eigenvalue weighted by atomic mass is 10.0. The first kappa shape index (κ1) is 13.9. The summed E-state index contributed by atoms with van der Waals surface area (Å²) < 4.78 is 0. The molecular formula is C16H18N2O2. The first-order chi connectivity index (χ1) is 9.47. The Kier molecular flexibility index (Phi) is 3.94. The lowest BCUT2D eigenvalue weighted by molar-refractivity contribution is 0.0697.